The fourth-order valence-corrected chi connectivity index (χ4v) is 2.83. The first-order valence-corrected chi connectivity index (χ1v) is 7.46. The second kappa shape index (κ2) is 6.41. The molecule has 0 fully saturated rings. The summed E-state index contributed by atoms with van der Waals surface area (Å²) >= 11 is 1.48. The highest BCUT2D eigenvalue weighted by atomic mass is 32.1. The molecule has 0 bridgehead atoms. The molecule has 1 N–H and O–H groups in total. The second-order valence-corrected chi connectivity index (χ2v) is 5.58. The third kappa shape index (κ3) is 3.27. The molecule has 8 heteroatoms. The molecule has 23 heavy (non-hydrogen) atoms. The van der Waals surface area contributed by atoms with Crippen LogP contribution in [0.5, 0.6) is 5.75 Å². The zero-order valence-corrected chi connectivity index (χ0v) is 12.9. The van der Waals surface area contributed by atoms with E-state index in [9.17, 15) is 10.1 Å². The Bertz CT molecular complexity index is 858. The van der Waals surface area contributed by atoms with Crippen molar-refractivity contribution in [3.63, 3.8) is 0 Å². The van der Waals surface area contributed by atoms with E-state index in [2.05, 4.69) is 15.5 Å². The molecule has 0 aliphatic rings. The number of nitro groups is 1. The minimum absolute atomic E-state index is 0.101. The molecule has 2 aromatic carbocycles. The Hall–Kier alpha value is -3.00. The predicted molar refractivity (Wildman–Crippen MR) is 90.5 cm³/mol. The molecule has 0 atom stereocenters. The van der Waals surface area contributed by atoms with Gasteiger partial charge in [-0.3, -0.25) is 15.5 Å². The van der Waals surface area contributed by atoms with Crippen molar-refractivity contribution in [2.75, 3.05) is 12.5 Å². The van der Waals surface area contributed by atoms with Crippen LogP contribution in [-0.2, 0) is 0 Å². The van der Waals surface area contributed by atoms with Gasteiger partial charge in [0, 0.05) is 11.6 Å². The average Bonchev–Trinajstić information content (AvgIpc) is 2.97. The van der Waals surface area contributed by atoms with Crippen LogP contribution in [0.1, 0.15) is 5.56 Å². The largest absolute Gasteiger partial charge is 0.490 e. The number of nitro benzene ring substituents is 1. The average molecular weight is 328 g/mol. The maximum Gasteiger partial charge on any atom is 0.311 e. The lowest BCUT2D eigenvalue weighted by Crippen LogP contribution is -1.96. The number of hydrazone groups is 1. The minimum Gasteiger partial charge on any atom is -0.490 e. The van der Waals surface area contributed by atoms with Gasteiger partial charge in [0.15, 0.2) is 5.75 Å². The summed E-state index contributed by atoms with van der Waals surface area (Å²) in [4.78, 5) is 14.9. The molecule has 116 valence electrons. The number of hydrogen-bond donors (Lipinski definition) is 1. The number of fused-ring (bicyclic) bond motifs is 1. The third-order valence-corrected chi connectivity index (χ3v) is 4.01. The highest BCUT2D eigenvalue weighted by molar-refractivity contribution is 7.22. The van der Waals surface area contributed by atoms with Crippen molar-refractivity contribution in [1.29, 1.82) is 0 Å². The van der Waals surface area contributed by atoms with Gasteiger partial charge < -0.3 is 4.74 Å². The van der Waals surface area contributed by atoms with Crippen molar-refractivity contribution in [1.82, 2.24) is 4.98 Å². The van der Waals surface area contributed by atoms with Gasteiger partial charge in [0.05, 0.1) is 28.5 Å². The molecule has 0 radical (unpaired) electrons. The van der Waals surface area contributed by atoms with E-state index >= 15 is 0 Å². The van der Waals surface area contributed by atoms with Gasteiger partial charge in [-0.1, -0.05) is 23.5 Å². The number of rotatable bonds is 5. The van der Waals surface area contributed by atoms with Crippen LogP contribution in [0.25, 0.3) is 10.2 Å². The fraction of sp³-hybridized carbons (Fsp3) is 0.0667. The summed E-state index contributed by atoms with van der Waals surface area (Å²) < 4.78 is 6.02. The van der Waals surface area contributed by atoms with Gasteiger partial charge in [-0.25, -0.2) is 4.98 Å². The first kappa shape index (κ1) is 14.9. The van der Waals surface area contributed by atoms with Crippen LogP contribution < -0.4 is 10.2 Å². The van der Waals surface area contributed by atoms with Gasteiger partial charge in [0.1, 0.15) is 0 Å². The van der Waals surface area contributed by atoms with Crippen molar-refractivity contribution >= 4 is 38.6 Å². The highest BCUT2D eigenvalue weighted by Gasteiger charge is 2.14. The maximum absolute atomic E-state index is 11.0. The maximum atomic E-state index is 11.0. The Morgan fingerprint density at radius 3 is 2.91 bits per heavy atom. The summed E-state index contributed by atoms with van der Waals surface area (Å²) in [6.07, 6.45) is 1.50. The van der Waals surface area contributed by atoms with E-state index in [1.165, 1.54) is 36.8 Å². The summed E-state index contributed by atoms with van der Waals surface area (Å²) in [6.45, 7) is 0. The number of ether oxygens (including phenoxy) is 1. The number of anilines is 1. The Morgan fingerprint density at radius 2 is 2.17 bits per heavy atom. The van der Waals surface area contributed by atoms with Gasteiger partial charge in [0.2, 0.25) is 5.13 Å². The zero-order valence-electron chi connectivity index (χ0n) is 12.1. The lowest BCUT2D eigenvalue weighted by molar-refractivity contribution is -0.385. The van der Waals surface area contributed by atoms with Crippen LogP contribution in [0.3, 0.4) is 0 Å². The molecule has 0 amide bonds. The Kier molecular flexibility index (Phi) is 4.15. The summed E-state index contributed by atoms with van der Waals surface area (Å²) in [5.41, 5.74) is 4.22. The third-order valence-electron chi connectivity index (χ3n) is 3.07. The summed E-state index contributed by atoms with van der Waals surface area (Å²) in [7, 11) is 1.39. The highest BCUT2D eigenvalue weighted by Crippen LogP contribution is 2.27. The van der Waals surface area contributed by atoms with E-state index in [0.29, 0.717) is 10.7 Å². The minimum atomic E-state index is -0.489. The number of aromatic nitrogens is 1. The lowest BCUT2D eigenvalue weighted by Gasteiger charge is -2.01. The molecular formula is C15H12N4O3S. The molecule has 0 aliphatic heterocycles. The topological polar surface area (TPSA) is 89.7 Å². The molecule has 3 rings (SSSR count). The lowest BCUT2D eigenvalue weighted by atomic mass is 10.2. The number of thiazole rings is 1. The molecule has 0 unspecified atom stereocenters. The van der Waals surface area contributed by atoms with Crippen LogP contribution in [0, 0.1) is 10.1 Å². The molecule has 0 saturated carbocycles. The monoisotopic (exact) mass is 328 g/mol. The molecule has 0 saturated heterocycles. The van der Waals surface area contributed by atoms with Crippen molar-refractivity contribution in [3.8, 4) is 5.75 Å². The molecule has 0 spiro atoms. The van der Waals surface area contributed by atoms with Crippen LogP contribution in [-0.4, -0.2) is 23.2 Å². The smallest absolute Gasteiger partial charge is 0.311 e. The first-order valence-electron chi connectivity index (χ1n) is 6.64. The molecular weight excluding hydrogens is 316 g/mol. The first-order chi connectivity index (χ1) is 11.2. The number of hydrogen-bond acceptors (Lipinski definition) is 7. The Labute approximate surface area is 135 Å². The van der Waals surface area contributed by atoms with Gasteiger partial charge in [-0.05, 0) is 24.3 Å². The van der Waals surface area contributed by atoms with Gasteiger partial charge in [-0.15, -0.1) is 0 Å². The number of nitrogens with one attached hydrogen (secondary N) is 1. The number of para-hydroxylation sites is 1. The van der Waals surface area contributed by atoms with Crippen molar-refractivity contribution in [2.45, 2.75) is 0 Å². The molecule has 7 nitrogen and oxygen atoms in total. The van der Waals surface area contributed by atoms with E-state index in [4.69, 9.17) is 4.74 Å². The van der Waals surface area contributed by atoms with E-state index in [0.717, 1.165) is 10.2 Å². The van der Waals surface area contributed by atoms with Gasteiger partial charge >= 0.3 is 5.69 Å². The van der Waals surface area contributed by atoms with E-state index in [-0.39, 0.29) is 11.4 Å². The van der Waals surface area contributed by atoms with Gasteiger partial charge in [-0.2, -0.15) is 5.10 Å². The van der Waals surface area contributed by atoms with Crippen molar-refractivity contribution < 1.29 is 9.66 Å². The SMILES string of the molecule is COc1ccc(/C=N\Nc2nc3ccccc3s2)cc1[N+](=O)[O-]. The quantitative estimate of drug-likeness (QED) is 0.438. The van der Waals surface area contributed by atoms with Crippen LogP contribution >= 0.6 is 11.3 Å². The Morgan fingerprint density at radius 1 is 1.35 bits per heavy atom. The van der Waals surface area contributed by atoms with Crippen LogP contribution in [0.4, 0.5) is 10.8 Å². The fourth-order valence-electron chi connectivity index (χ4n) is 2.01. The molecule has 3 aromatic rings. The normalized spacial score (nSPS) is 11.0. The van der Waals surface area contributed by atoms with Crippen molar-refractivity contribution in [2.24, 2.45) is 5.10 Å². The molecule has 1 heterocycles. The van der Waals surface area contributed by atoms with Crippen LogP contribution in [0.2, 0.25) is 0 Å². The number of nitrogens with zero attached hydrogens (tertiary/aromatic N) is 3. The van der Waals surface area contributed by atoms with E-state index in [1.807, 2.05) is 24.3 Å². The number of methoxy groups -OCH3 is 1. The predicted octanol–water partition coefficient (Wildman–Crippen LogP) is 3.66. The van der Waals surface area contributed by atoms with Crippen LogP contribution in [0.15, 0.2) is 47.6 Å². The van der Waals surface area contributed by atoms with E-state index in [1.54, 1.807) is 6.07 Å². The summed E-state index contributed by atoms with van der Waals surface area (Å²) in [5.74, 6) is 0.214. The zero-order chi connectivity index (χ0) is 16.2. The second-order valence-electron chi connectivity index (χ2n) is 4.55. The summed E-state index contributed by atoms with van der Waals surface area (Å²) in [6, 6.07) is 12.4. The van der Waals surface area contributed by atoms with Crippen molar-refractivity contribution in [3.05, 3.63) is 58.1 Å². The van der Waals surface area contributed by atoms with Gasteiger partial charge in [0.25, 0.3) is 0 Å². The van der Waals surface area contributed by atoms with E-state index < -0.39 is 4.92 Å². The Balaban J connectivity index is 1.77. The molecule has 0 aliphatic carbocycles. The molecule has 1 aromatic heterocycles. The standard InChI is InChI=1S/C15H12N4O3S/c1-22-13-7-6-10(8-12(13)19(20)21)9-16-18-15-17-11-4-2-3-5-14(11)23-15/h2-9H,1H3,(H,17,18)/b16-9-. The number of benzene rings is 2. The summed E-state index contributed by atoms with van der Waals surface area (Å²) in [5, 5.41) is 15.7.